The van der Waals surface area contributed by atoms with Crippen LogP contribution in [-0.4, -0.2) is 20.3 Å². The van der Waals surface area contributed by atoms with Crippen LogP contribution in [0.25, 0.3) is 0 Å². The quantitative estimate of drug-likeness (QED) is 0.326. The minimum atomic E-state index is -1.11. The molecule has 0 spiro atoms. The van der Waals surface area contributed by atoms with Crippen LogP contribution in [0, 0.1) is 9.98 Å². The van der Waals surface area contributed by atoms with E-state index >= 15 is 0 Å². The van der Waals surface area contributed by atoms with Gasteiger partial charge in [0.1, 0.15) is 0 Å². The van der Waals surface area contributed by atoms with E-state index in [0.29, 0.717) is 0 Å². The van der Waals surface area contributed by atoms with Crippen molar-refractivity contribution in [2.45, 2.75) is 0 Å². The van der Waals surface area contributed by atoms with Crippen molar-refractivity contribution in [2.24, 2.45) is 10.2 Å². The van der Waals surface area contributed by atoms with Crippen LogP contribution < -0.4 is 10.8 Å². The second kappa shape index (κ2) is 5.71. The Bertz CT molecular complexity index is 767. The van der Waals surface area contributed by atoms with Gasteiger partial charge in [0.15, 0.2) is 10.5 Å². The maximum absolute atomic E-state index is 11.5. The topological polar surface area (TPSA) is 141 Å². The molecule has 104 valence electrons. The Morgan fingerprint density at radius 3 is 2.70 bits per heavy atom. The van der Waals surface area contributed by atoms with E-state index < -0.39 is 16.7 Å². The van der Waals surface area contributed by atoms with Crippen LogP contribution in [-0.2, 0) is 0 Å². The molecule has 0 bridgehead atoms. The molecule has 2 aromatic rings. The Morgan fingerprint density at radius 1 is 1.30 bits per heavy atom. The molecule has 10 heteroatoms. The van der Waals surface area contributed by atoms with Crippen molar-refractivity contribution in [1.82, 2.24) is 9.97 Å². The first-order valence-corrected chi connectivity index (χ1v) is 5.69. The van der Waals surface area contributed by atoms with Crippen molar-refractivity contribution in [1.29, 1.82) is 0 Å². The first-order valence-electron chi connectivity index (χ1n) is 5.28. The lowest BCUT2D eigenvalue weighted by Gasteiger charge is -2.10. The molecule has 0 fully saturated rings. The Hall–Kier alpha value is -2.40. The number of benzene rings is 1. The third-order valence-electron chi connectivity index (χ3n) is 2.26. The predicted octanol–water partition coefficient (Wildman–Crippen LogP) is 0.957. The van der Waals surface area contributed by atoms with E-state index in [1.165, 1.54) is 24.3 Å². The number of hydrogen-bond donors (Lipinski definition) is 5. The van der Waals surface area contributed by atoms with Gasteiger partial charge in [0.25, 0.3) is 5.56 Å². The monoisotopic (exact) mass is 295 g/mol. The van der Waals surface area contributed by atoms with Gasteiger partial charge < -0.3 is 15.3 Å². The molecule has 0 saturated heterocycles. The van der Waals surface area contributed by atoms with Gasteiger partial charge in [-0.3, -0.25) is 9.78 Å². The van der Waals surface area contributed by atoms with Crippen LogP contribution in [0.5, 0.6) is 5.88 Å². The summed E-state index contributed by atoms with van der Waals surface area (Å²) in [6.07, 6.45) is 0. The molecular weight excluding hydrogens is 286 g/mol. The molecule has 0 aliphatic rings. The molecule has 5 N–H and O–H groups in total. The summed E-state index contributed by atoms with van der Waals surface area (Å²) in [5.74, 6) is -0.517. The molecule has 1 unspecified atom stereocenters. The highest BCUT2D eigenvalue weighted by atomic mass is 32.1. The molecule has 0 saturated carbocycles. The van der Waals surface area contributed by atoms with Gasteiger partial charge in [0.05, 0.1) is 5.69 Å². The van der Waals surface area contributed by atoms with E-state index in [1.807, 2.05) is 0 Å². The lowest BCUT2D eigenvalue weighted by Crippen LogP contribution is -2.99. The van der Waals surface area contributed by atoms with E-state index in [-0.39, 0.29) is 21.8 Å². The molecule has 20 heavy (non-hydrogen) atoms. The molecule has 1 aromatic carbocycles. The number of quaternary nitrogens is 1. The SMILES string of the molecule is O=c1[nH]c(=S)[nH]c(O)c1N=Nc1cccc([NH+]([O-])O)c1. The summed E-state index contributed by atoms with van der Waals surface area (Å²) in [5, 5.41) is 35.3. The highest BCUT2D eigenvalue weighted by Crippen LogP contribution is 2.22. The largest absolute Gasteiger partial charge is 0.595 e. The minimum absolute atomic E-state index is 0.0343. The van der Waals surface area contributed by atoms with Gasteiger partial charge in [0.2, 0.25) is 11.6 Å². The van der Waals surface area contributed by atoms with E-state index in [0.717, 1.165) is 0 Å². The zero-order valence-corrected chi connectivity index (χ0v) is 10.6. The van der Waals surface area contributed by atoms with Gasteiger partial charge in [0, 0.05) is 12.1 Å². The molecule has 0 aliphatic heterocycles. The molecule has 1 aromatic heterocycles. The van der Waals surface area contributed by atoms with Gasteiger partial charge in [-0.1, -0.05) is 6.07 Å². The number of H-pyrrole nitrogens is 2. The molecule has 1 heterocycles. The summed E-state index contributed by atoms with van der Waals surface area (Å²) < 4.78 is -0.0423. The average Bonchev–Trinajstić information content (AvgIpc) is 2.37. The molecule has 9 nitrogen and oxygen atoms in total. The summed E-state index contributed by atoms with van der Waals surface area (Å²) in [4.78, 5) is 16.1. The Labute approximate surface area is 116 Å². The molecular formula is C10H9N5O4S. The number of aromatic amines is 2. The normalized spacial score (nSPS) is 12.7. The molecule has 1 atom stereocenters. The van der Waals surface area contributed by atoms with Gasteiger partial charge in [-0.05, 0) is 18.3 Å². The minimum Gasteiger partial charge on any atom is -0.595 e. The first kappa shape index (κ1) is 14.0. The highest BCUT2D eigenvalue weighted by molar-refractivity contribution is 7.71. The molecule has 2 rings (SSSR count). The smallest absolute Gasteiger partial charge is 0.283 e. The van der Waals surface area contributed by atoms with Crippen molar-refractivity contribution in [3.05, 3.63) is 44.6 Å². The van der Waals surface area contributed by atoms with Crippen molar-refractivity contribution in [3.8, 4) is 5.88 Å². The number of rotatable bonds is 3. The molecule has 0 amide bonds. The predicted molar refractivity (Wildman–Crippen MR) is 70.3 cm³/mol. The summed E-state index contributed by atoms with van der Waals surface area (Å²) in [6, 6.07) is 5.67. The fraction of sp³-hybridized carbons (Fsp3) is 0. The second-order valence-electron chi connectivity index (χ2n) is 3.66. The number of aromatic hydroxyl groups is 1. The van der Waals surface area contributed by atoms with Crippen molar-refractivity contribution < 1.29 is 15.5 Å². The highest BCUT2D eigenvalue weighted by Gasteiger charge is 2.06. The molecule has 0 radical (unpaired) electrons. The third-order valence-corrected chi connectivity index (χ3v) is 2.46. The van der Waals surface area contributed by atoms with Gasteiger partial charge >= 0.3 is 0 Å². The van der Waals surface area contributed by atoms with E-state index in [1.54, 1.807) is 0 Å². The van der Waals surface area contributed by atoms with E-state index in [9.17, 15) is 15.1 Å². The second-order valence-corrected chi connectivity index (χ2v) is 4.07. The van der Waals surface area contributed by atoms with Gasteiger partial charge in [-0.2, -0.15) is 5.23 Å². The Kier molecular flexibility index (Phi) is 4.00. The lowest BCUT2D eigenvalue weighted by atomic mass is 10.3. The van der Waals surface area contributed by atoms with Crippen molar-refractivity contribution in [2.75, 3.05) is 0 Å². The first-order chi connectivity index (χ1) is 9.47. The van der Waals surface area contributed by atoms with Crippen LogP contribution in [0.2, 0.25) is 0 Å². The molecule has 0 aliphatic carbocycles. The fourth-order valence-electron chi connectivity index (χ4n) is 1.37. The maximum Gasteiger partial charge on any atom is 0.283 e. The maximum atomic E-state index is 11.5. The fourth-order valence-corrected chi connectivity index (χ4v) is 1.56. The zero-order valence-electron chi connectivity index (χ0n) is 9.82. The zero-order chi connectivity index (χ0) is 14.7. The summed E-state index contributed by atoms with van der Waals surface area (Å²) in [5.41, 5.74) is -0.790. The number of hydrogen-bond acceptors (Lipinski definition) is 7. The summed E-state index contributed by atoms with van der Waals surface area (Å²) in [6.45, 7) is 0. The average molecular weight is 295 g/mol. The summed E-state index contributed by atoms with van der Waals surface area (Å²) >= 11 is 4.66. The summed E-state index contributed by atoms with van der Waals surface area (Å²) in [7, 11) is 0. The van der Waals surface area contributed by atoms with Crippen molar-refractivity contribution >= 4 is 29.3 Å². The lowest BCUT2D eigenvalue weighted by molar-refractivity contribution is -0.991. The van der Waals surface area contributed by atoms with Crippen LogP contribution in [0.4, 0.5) is 17.1 Å². The number of nitrogens with one attached hydrogen (secondary N) is 3. The Balaban J connectivity index is 2.37. The third kappa shape index (κ3) is 3.13. The van der Waals surface area contributed by atoms with E-state index in [2.05, 4.69) is 32.4 Å². The van der Waals surface area contributed by atoms with Crippen LogP contribution in [0.1, 0.15) is 0 Å². The number of nitrogens with zero attached hydrogens (tertiary/aromatic N) is 2. The Morgan fingerprint density at radius 2 is 2.05 bits per heavy atom. The van der Waals surface area contributed by atoms with Crippen LogP contribution in [0.15, 0.2) is 39.3 Å². The number of aromatic nitrogens is 2. The van der Waals surface area contributed by atoms with Gasteiger partial charge in [-0.15, -0.1) is 10.2 Å². The standard InChI is InChI=1S/C10H9N5O4S/c16-8-7(9(17)12-10(20)11-8)14-13-5-2-1-3-6(4-5)15(18)19/h1-4,15,18H,(H3,11,12,16,17,20). The van der Waals surface area contributed by atoms with Crippen molar-refractivity contribution in [3.63, 3.8) is 0 Å². The van der Waals surface area contributed by atoms with Crippen LogP contribution >= 0.6 is 12.2 Å². The van der Waals surface area contributed by atoms with Gasteiger partial charge in [-0.25, -0.2) is 5.21 Å². The number of azo groups is 1. The van der Waals surface area contributed by atoms with E-state index in [4.69, 9.17) is 5.21 Å². The van der Waals surface area contributed by atoms with Crippen LogP contribution in [0.3, 0.4) is 0 Å².